The van der Waals surface area contributed by atoms with Crippen LogP contribution in [0.3, 0.4) is 0 Å². The van der Waals surface area contributed by atoms with Crippen molar-refractivity contribution in [2.24, 2.45) is 0 Å². The van der Waals surface area contributed by atoms with Gasteiger partial charge >= 0.3 is 6.03 Å². The first-order valence-corrected chi connectivity index (χ1v) is 6.93. The van der Waals surface area contributed by atoms with Gasteiger partial charge in [0.25, 0.3) is 0 Å². The predicted octanol–water partition coefficient (Wildman–Crippen LogP) is 2.36. The van der Waals surface area contributed by atoms with Gasteiger partial charge in [-0.15, -0.1) is 0 Å². The van der Waals surface area contributed by atoms with Gasteiger partial charge in [0.2, 0.25) is 0 Å². The molecule has 19 heavy (non-hydrogen) atoms. The standard InChI is InChI=1S/C15H22N2O2/c1-12-5-2-3-6-13(12)11-17-15(18)16-9-8-14-7-4-10-19-14/h2-3,5-6,14H,4,7-11H2,1H3,(H2,16,17,18). The second-order valence-corrected chi connectivity index (χ2v) is 4.96. The molecule has 1 fully saturated rings. The fourth-order valence-corrected chi connectivity index (χ4v) is 2.27. The molecule has 0 aromatic heterocycles. The van der Waals surface area contributed by atoms with Crippen LogP contribution in [-0.2, 0) is 11.3 Å². The van der Waals surface area contributed by atoms with E-state index in [1.54, 1.807) is 0 Å². The van der Waals surface area contributed by atoms with Crippen molar-refractivity contribution >= 4 is 6.03 Å². The number of aryl methyl sites for hydroxylation is 1. The first-order valence-electron chi connectivity index (χ1n) is 6.93. The number of urea groups is 1. The lowest BCUT2D eigenvalue weighted by molar-refractivity contribution is 0.104. The maximum atomic E-state index is 11.6. The summed E-state index contributed by atoms with van der Waals surface area (Å²) in [6.07, 6.45) is 3.49. The summed E-state index contributed by atoms with van der Waals surface area (Å²) in [4.78, 5) is 11.6. The maximum absolute atomic E-state index is 11.6. The minimum atomic E-state index is -0.110. The van der Waals surface area contributed by atoms with E-state index in [1.165, 1.54) is 5.56 Å². The van der Waals surface area contributed by atoms with Gasteiger partial charge in [0.05, 0.1) is 6.10 Å². The van der Waals surface area contributed by atoms with Gasteiger partial charge in [-0.25, -0.2) is 4.79 Å². The number of hydrogen-bond donors (Lipinski definition) is 2. The molecule has 0 spiro atoms. The Labute approximate surface area is 114 Å². The molecule has 1 aliphatic heterocycles. The Bertz CT molecular complexity index is 414. The summed E-state index contributed by atoms with van der Waals surface area (Å²) < 4.78 is 5.51. The van der Waals surface area contributed by atoms with Crippen LogP contribution in [0.5, 0.6) is 0 Å². The molecule has 2 N–H and O–H groups in total. The fraction of sp³-hybridized carbons (Fsp3) is 0.533. The van der Waals surface area contributed by atoms with Crippen molar-refractivity contribution in [3.05, 3.63) is 35.4 Å². The number of benzene rings is 1. The summed E-state index contributed by atoms with van der Waals surface area (Å²) >= 11 is 0. The van der Waals surface area contributed by atoms with Gasteiger partial charge in [0.1, 0.15) is 0 Å². The molecule has 4 nitrogen and oxygen atoms in total. The van der Waals surface area contributed by atoms with Gasteiger partial charge < -0.3 is 15.4 Å². The minimum Gasteiger partial charge on any atom is -0.378 e. The molecule has 4 heteroatoms. The molecule has 2 rings (SSSR count). The van der Waals surface area contributed by atoms with Crippen LogP contribution in [-0.4, -0.2) is 25.3 Å². The third kappa shape index (κ3) is 4.56. The van der Waals surface area contributed by atoms with E-state index in [2.05, 4.69) is 10.6 Å². The molecule has 0 radical (unpaired) electrons. The molecule has 0 bridgehead atoms. The van der Waals surface area contributed by atoms with E-state index >= 15 is 0 Å². The van der Waals surface area contributed by atoms with Crippen molar-refractivity contribution < 1.29 is 9.53 Å². The zero-order valence-corrected chi connectivity index (χ0v) is 11.4. The first-order chi connectivity index (χ1) is 9.25. The Morgan fingerprint density at radius 3 is 2.95 bits per heavy atom. The lowest BCUT2D eigenvalue weighted by Crippen LogP contribution is -2.36. The Hall–Kier alpha value is -1.55. The molecule has 2 amide bonds. The molecule has 1 aromatic rings. The van der Waals surface area contributed by atoms with E-state index < -0.39 is 0 Å². The predicted molar refractivity (Wildman–Crippen MR) is 75.0 cm³/mol. The van der Waals surface area contributed by atoms with Gasteiger partial charge in [-0.1, -0.05) is 24.3 Å². The molecular weight excluding hydrogens is 240 g/mol. The highest BCUT2D eigenvalue weighted by atomic mass is 16.5. The van der Waals surface area contributed by atoms with E-state index in [4.69, 9.17) is 4.74 Å². The molecule has 1 heterocycles. The van der Waals surface area contributed by atoms with Gasteiger partial charge in [-0.3, -0.25) is 0 Å². The van der Waals surface area contributed by atoms with Crippen LogP contribution in [0.4, 0.5) is 4.79 Å². The van der Waals surface area contributed by atoms with Crippen molar-refractivity contribution in [1.82, 2.24) is 10.6 Å². The normalized spacial score (nSPS) is 18.3. The van der Waals surface area contributed by atoms with E-state index in [0.717, 1.165) is 31.4 Å². The van der Waals surface area contributed by atoms with Crippen LogP contribution < -0.4 is 10.6 Å². The van der Waals surface area contributed by atoms with Crippen molar-refractivity contribution in [1.29, 1.82) is 0 Å². The summed E-state index contributed by atoms with van der Waals surface area (Å²) in [6.45, 7) is 4.15. The van der Waals surface area contributed by atoms with Crippen LogP contribution in [0.25, 0.3) is 0 Å². The van der Waals surface area contributed by atoms with E-state index in [-0.39, 0.29) is 6.03 Å². The first kappa shape index (κ1) is 13.9. The molecule has 1 unspecified atom stereocenters. The third-order valence-electron chi connectivity index (χ3n) is 3.48. The lowest BCUT2D eigenvalue weighted by Gasteiger charge is -2.11. The molecule has 1 aromatic carbocycles. The Kier molecular flexibility index (Phi) is 5.21. The smallest absolute Gasteiger partial charge is 0.315 e. The molecule has 0 aliphatic carbocycles. The Balaban J connectivity index is 1.63. The topological polar surface area (TPSA) is 50.4 Å². The van der Waals surface area contributed by atoms with Crippen LogP contribution in [0, 0.1) is 6.92 Å². The van der Waals surface area contributed by atoms with Crippen molar-refractivity contribution in [2.45, 2.75) is 38.8 Å². The number of hydrogen-bond acceptors (Lipinski definition) is 2. The average molecular weight is 262 g/mol. The quantitative estimate of drug-likeness (QED) is 0.856. The van der Waals surface area contributed by atoms with Gasteiger partial charge in [-0.2, -0.15) is 0 Å². The SMILES string of the molecule is Cc1ccccc1CNC(=O)NCCC1CCCO1. The van der Waals surface area contributed by atoms with Crippen LogP contribution in [0.15, 0.2) is 24.3 Å². The number of carbonyl (C=O) groups is 1. The molecule has 0 saturated carbocycles. The van der Waals surface area contributed by atoms with Crippen molar-refractivity contribution in [3.63, 3.8) is 0 Å². The lowest BCUT2D eigenvalue weighted by atomic mass is 10.1. The molecule has 1 saturated heterocycles. The van der Waals surface area contributed by atoms with E-state index in [1.807, 2.05) is 31.2 Å². The summed E-state index contributed by atoms with van der Waals surface area (Å²) in [5.41, 5.74) is 2.35. The summed E-state index contributed by atoms with van der Waals surface area (Å²) in [7, 11) is 0. The van der Waals surface area contributed by atoms with Gasteiger partial charge in [0.15, 0.2) is 0 Å². The minimum absolute atomic E-state index is 0.110. The second-order valence-electron chi connectivity index (χ2n) is 4.96. The molecule has 104 valence electrons. The summed E-state index contributed by atoms with van der Waals surface area (Å²) in [5.74, 6) is 0. The number of carbonyl (C=O) groups excluding carboxylic acids is 1. The second kappa shape index (κ2) is 7.14. The Morgan fingerprint density at radius 1 is 1.37 bits per heavy atom. The molecule has 1 atom stereocenters. The highest BCUT2D eigenvalue weighted by Crippen LogP contribution is 2.14. The number of rotatable bonds is 5. The zero-order valence-electron chi connectivity index (χ0n) is 11.4. The number of nitrogens with one attached hydrogen (secondary N) is 2. The highest BCUT2D eigenvalue weighted by molar-refractivity contribution is 5.73. The Morgan fingerprint density at radius 2 is 2.21 bits per heavy atom. The van der Waals surface area contributed by atoms with E-state index in [0.29, 0.717) is 19.2 Å². The van der Waals surface area contributed by atoms with Gasteiger partial charge in [0, 0.05) is 19.7 Å². The van der Waals surface area contributed by atoms with Crippen LogP contribution in [0.2, 0.25) is 0 Å². The maximum Gasteiger partial charge on any atom is 0.315 e. The van der Waals surface area contributed by atoms with Crippen LogP contribution in [0.1, 0.15) is 30.4 Å². The molecule has 1 aliphatic rings. The largest absolute Gasteiger partial charge is 0.378 e. The monoisotopic (exact) mass is 262 g/mol. The fourth-order valence-electron chi connectivity index (χ4n) is 2.27. The molecular formula is C15H22N2O2. The number of amides is 2. The van der Waals surface area contributed by atoms with Gasteiger partial charge in [-0.05, 0) is 37.3 Å². The summed E-state index contributed by atoms with van der Waals surface area (Å²) in [6, 6.07) is 7.95. The summed E-state index contributed by atoms with van der Waals surface area (Å²) in [5, 5.41) is 5.74. The highest BCUT2D eigenvalue weighted by Gasteiger charge is 2.14. The number of ether oxygens (including phenoxy) is 1. The zero-order chi connectivity index (χ0) is 13.5. The van der Waals surface area contributed by atoms with Crippen molar-refractivity contribution in [2.75, 3.05) is 13.2 Å². The van der Waals surface area contributed by atoms with E-state index in [9.17, 15) is 4.79 Å². The third-order valence-corrected chi connectivity index (χ3v) is 3.48. The van der Waals surface area contributed by atoms with Crippen molar-refractivity contribution in [3.8, 4) is 0 Å². The van der Waals surface area contributed by atoms with Crippen LogP contribution >= 0.6 is 0 Å². The average Bonchev–Trinajstić information content (AvgIpc) is 2.91.